The quantitative estimate of drug-likeness (QED) is 0.345. The van der Waals surface area contributed by atoms with E-state index in [-0.39, 0.29) is 0 Å². The van der Waals surface area contributed by atoms with E-state index in [0.717, 1.165) is 25.6 Å². The third kappa shape index (κ3) is 9.48. The summed E-state index contributed by atoms with van der Waals surface area (Å²) in [5.74, 6) is 0.979. The van der Waals surface area contributed by atoms with Gasteiger partial charge in [0.15, 0.2) is 5.96 Å². The van der Waals surface area contributed by atoms with Crippen LogP contribution in [0.4, 0.5) is 0 Å². The molecule has 1 rings (SSSR count). The van der Waals surface area contributed by atoms with Crippen molar-refractivity contribution in [1.82, 2.24) is 20.4 Å². The van der Waals surface area contributed by atoms with E-state index in [1.165, 1.54) is 64.8 Å². The molecule has 1 atom stereocenters. The van der Waals surface area contributed by atoms with E-state index in [0.29, 0.717) is 6.04 Å². The van der Waals surface area contributed by atoms with Gasteiger partial charge in [-0.2, -0.15) is 0 Å². The monoisotopic (exact) mass is 339 g/mol. The zero-order valence-electron chi connectivity index (χ0n) is 16.6. The Hall–Kier alpha value is -0.810. The predicted octanol–water partition coefficient (Wildman–Crippen LogP) is 2.54. The third-order valence-electron chi connectivity index (χ3n) is 4.82. The molecule has 0 aromatic rings. The van der Waals surface area contributed by atoms with Gasteiger partial charge in [-0.25, -0.2) is 0 Å². The minimum Gasteiger partial charge on any atom is -0.357 e. The molecule has 2 N–H and O–H groups in total. The Kier molecular flexibility index (Phi) is 11.9. The maximum atomic E-state index is 4.77. The molecule has 1 aliphatic heterocycles. The van der Waals surface area contributed by atoms with Crippen molar-refractivity contribution in [3.63, 3.8) is 0 Å². The van der Waals surface area contributed by atoms with Gasteiger partial charge < -0.3 is 15.5 Å². The lowest BCUT2D eigenvalue weighted by molar-refractivity contribution is 0.140. The summed E-state index contributed by atoms with van der Waals surface area (Å²) >= 11 is 0. The van der Waals surface area contributed by atoms with E-state index in [2.05, 4.69) is 48.1 Å². The van der Waals surface area contributed by atoms with Gasteiger partial charge in [0.05, 0.1) is 6.54 Å². The molecule has 0 spiro atoms. The summed E-state index contributed by atoms with van der Waals surface area (Å²) in [6.45, 7) is 17.7. The molecule has 5 nitrogen and oxygen atoms in total. The average Bonchev–Trinajstić information content (AvgIpc) is 2.59. The second kappa shape index (κ2) is 13.5. The molecule has 142 valence electrons. The molecule has 0 saturated carbocycles. The van der Waals surface area contributed by atoms with Gasteiger partial charge in [-0.05, 0) is 26.8 Å². The minimum atomic E-state index is 0.493. The molecule has 1 aliphatic rings. The van der Waals surface area contributed by atoms with Crippen LogP contribution < -0.4 is 10.6 Å². The first-order chi connectivity index (χ1) is 11.7. The van der Waals surface area contributed by atoms with Gasteiger partial charge in [0.25, 0.3) is 0 Å². The lowest BCUT2D eigenvalue weighted by Gasteiger charge is -2.33. The first-order valence-corrected chi connectivity index (χ1v) is 10.2. The normalized spacial score (nSPS) is 18.6. The molecule has 0 aromatic heterocycles. The number of aliphatic imine (C=N–C) groups is 1. The van der Waals surface area contributed by atoms with Gasteiger partial charge >= 0.3 is 0 Å². The fourth-order valence-electron chi connectivity index (χ4n) is 3.14. The highest BCUT2D eigenvalue weighted by Gasteiger charge is 2.14. The largest absolute Gasteiger partial charge is 0.357 e. The first-order valence-electron chi connectivity index (χ1n) is 10.2. The third-order valence-corrected chi connectivity index (χ3v) is 4.82. The number of guanidine groups is 1. The molecule has 24 heavy (non-hydrogen) atoms. The molecule has 1 heterocycles. The summed E-state index contributed by atoms with van der Waals surface area (Å²) in [5, 5.41) is 6.94. The van der Waals surface area contributed by atoms with Crippen molar-refractivity contribution in [2.75, 3.05) is 52.4 Å². The van der Waals surface area contributed by atoms with Gasteiger partial charge in [-0.1, -0.05) is 39.5 Å². The Morgan fingerprint density at radius 2 is 1.71 bits per heavy atom. The molecule has 1 saturated heterocycles. The van der Waals surface area contributed by atoms with Crippen molar-refractivity contribution >= 4 is 5.96 Å². The van der Waals surface area contributed by atoms with Crippen LogP contribution in [0.15, 0.2) is 4.99 Å². The molecule has 0 radical (unpaired) electrons. The number of likely N-dealkylation sites (N-methyl/N-ethyl adjacent to an activating group) is 1. The van der Waals surface area contributed by atoms with Crippen LogP contribution in [0.3, 0.4) is 0 Å². The van der Waals surface area contributed by atoms with E-state index in [4.69, 9.17) is 4.99 Å². The second-order valence-electron chi connectivity index (χ2n) is 6.93. The highest BCUT2D eigenvalue weighted by Crippen LogP contribution is 2.05. The molecule has 1 unspecified atom stereocenters. The Labute approximate surface area is 150 Å². The van der Waals surface area contributed by atoms with Gasteiger partial charge in [-0.3, -0.25) is 9.89 Å². The number of piperazine rings is 1. The van der Waals surface area contributed by atoms with Gasteiger partial charge in [-0.15, -0.1) is 0 Å². The summed E-state index contributed by atoms with van der Waals surface area (Å²) in [7, 11) is 0. The van der Waals surface area contributed by atoms with Crippen molar-refractivity contribution in [2.24, 2.45) is 4.99 Å². The Morgan fingerprint density at radius 3 is 2.33 bits per heavy atom. The standard InChI is InChI=1S/C19H41N5/c1-5-8-9-10-11-18(4)22-19(20-6-2)21-12-13-24-16-14-23(7-3)15-17-24/h18H,5-17H2,1-4H3,(H2,20,21,22). The smallest absolute Gasteiger partial charge is 0.191 e. The summed E-state index contributed by atoms with van der Waals surface area (Å²) in [6, 6.07) is 0.493. The van der Waals surface area contributed by atoms with Crippen LogP contribution in [0.5, 0.6) is 0 Å². The van der Waals surface area contributed by atoms with Crippen molar-refractivity contribution in [3.8, 4) is 0 Å². The number of hydrogen-bond acceptors (Lipinski definition) is 3. The number of hydrogen-bond donors (Lipinski definition) is 2. The maximum Gasteiger partial charge on any atom is 0.191 e. The van der Waals surface area contributed by atoms with Crippen LogP contribution in [0.25, 0.3) is 0 Å². The topological polar surface area (TPSA) is 42.9 Å². The maximum absolute atomic E-state index is 4.77. The fourth-order valence-corrected chi connectivity index (χ4v) is 3.14. The van der Waals surface area contributed by atoms with Crippen molar-refractivity contribution in [1.29, 1.82) is 0 Å². The van der Waals surface area contributed by atoms with Crippen LogP contribution in [0.1, 0.15) is 59.8 Å². The van der Waals surface area contributed by atoms with E-state index < -0.39 is 0 Å². The zero-order chi connectivity index (χ0) is 17.6. The minimum absolute atomic E-state index is 0.493. The number of rotatable bonds is 11. The highest BCUT2D eigenvalue weighted by atomic mass is 15.3. The summed E-state index contributed by atoms with van der Waals surface area (Å²) < 4.78 is 0. The summed E-state index contributed by atoms with van der Waals surface area (Å²) in [6.07, 6.45) is 6.54. The van der Waals surface area contributed by atoms with E-state index in [9.17, 15) is 0 Å². The van der Waals surface area contributed by atoms with Crippen LogP contribution >= 0.6 is 0 Å². The summed E-state index contributed by atoms with van der Waals surface area (Å²) in [4.78, 5) is 9.82. The lowest BCUT2D eigenvalue weighted by Crippen LogP contribution is -2.47. The Bertz CT molecular complexity index is 324. The van der Waals surface area contributed by atoms with Crippen LogP contribution in [-0.4, -0.2) is 74.2 Å². The van der Waals surface area contributed by atoms with Crippen molar-refractivity contribution < 1.29 is 0 Å². The number of nitrogens with zero attached hydrogens (tertiary/aromatic N) is 3. The molecular weight excluding hydrogens is 298 g/mol. The van der Waals surface area contributed by atoms with Crippen LogP contribution in [0.2, 0.25) is 0 Å². The average molecular weight is 340 g/mol. The van der Waals surface area contributed by atoms with Crippen molar-refractivity contribution in [3.05, 3.63) is 0 Å². The van der Waals surface area contributed by atoms with Gasteiger partial charge in [0, 0.05) is 45.3 Å². The summed E-state index contributed by atoms with van der Waals surface area (Å²) in [5.41, 5.74) is 0. The first kappa shape index (κ1) is 21.2. The Morgan fingerprint density at radius 1 is 1.00 bits per heavy atom. The zero-order valence-corrected chi connectivity index (χ0v) is 16.6. The molecule has 0 amide bonds. The fraction of sp³-hybridized carbons (Fsp3) is 0.947. The Balaban J connectivity index is 2.26. The molecular formula is C19H41N5. The molecule has 0 aliphatic carbocycles. The molecule has 5 heteroatoms. The lowest BCUT2D eigenvalue weighted by atomic mass is 10.1. The van der Waals surface area contributed by atoms with E-state index >= 15 is 0 Å². The molecule has 1 fully saturated rings. The van der Waals surface area contributed by atoms with Gasteiger partial charge in [0.2, 0.25) is 0 Å². The SMILES string of the molecule is CCCCCCC(C)NC(=NCCN1CCN(CC)CC1)NCC. The molecule has 0 aromatic carbocycles. The van der Waals surface area contributed by atoms with Crippen LogP contribution in [-0.2, 0) is 0 Å². The second-order valence-corrected chi connectivity index (χ2v) is 6.93. The van der Waals surface area contributed by atoms with E-state index in [1.807, 2.05) is 0 Å². The van der Waals surface area contributed by atoms with Crippen LogP contribution in [0, 0.1) is 0 Å². The van der Waals surface area contributed by atoms with Crippen molar-refractivity contribution in [2.45, 2.75) is 65.8 Å². The number of unbranched alkanes of at least 4 members (excludes halogenated alkanes) is 3. The highest BCUT2D eigenvalue weighted by molar-refractivity contribution is 5.80. The molecule has 0 bridgehead atoms. The van der Waals surface area contributed by atoms with E-state index in [1.54, 1.807) is 0 Å². The van der Waals surface area contributed by atoms with Gasteiger partial charge in [0.1, 0.15) is 0 Å². The number of nitrogens with one attached hydrogen (secondary N) is 2. The predicted molar refractivity (Wildman–Crippen MR) is 106 cm³/mol.